The van der Waals surface area contributed by atoms with Gasteiger partial charge in [-0.05, 0) is 86.5 Å². The fourth-order valence-corrected chi connectivity index (χ4v) is 4.84. The van der Waals surface area contributed by atoms with Crippen molar-refractivity contribution in [2.24, 2.45) is 0 Å². The summed E-state index contributed by atoms with van der Waals surface area (Å²) in [5, 5.41) is 5.01. The molecule has 0 spiro atoms. The van der Waals surface area contributed by atoms with Gasteiger partial charge in [0.1, 0.15) is 11.5 Å². The monoisotopic (exact) mass is 526 g/mol. The number of halogens is 2. The molecule has 1 N–H and O–H groups in total. The maximum atomic E-state index is 13.7. The number of hydrogen-bond acceptors (Lipinski definition) is 3. The molecule has 0 aliphatic heterocycles. The highest BCUT2D eigenvalue weighted by Crippen LogP contribution is 2.34. The second-order valence-electron chi connectivity index (χ2n) is 8.96. The van der Waals surface area contributed by atoms with Gasteiger partial charge in [0.15, 0.2) is 0 Å². The number of ether oxygens (including phenoxy) is 1. The number of pyridine rings is 1. The normalized spacial score (nSPS) is 10.9. The van der Waals surface area contributed by atoms with Crippen molar-refractivity contribution in [3.8, 4) is 22.8 Å². The first kappa shape index (κ1) is 24.8. The summed E-state index contributed by atoms with van der Waals surface area (Å²) in [6.07, 6.45) is 0. The first-order valence-electron chi connectivity index (χ1n) is 11.8. The van der Waals surface area contributed by atoms with E-state index in [1.165, 1.54) is 0 Å². The predicted molar refractivity (Wildman–Crippen MR) is 152 cm³/mol. The van der Waals surface area contributed by atoms with Crippen molar-refractivity contribution >= 4 is 45.7 Å². The second kappa shape index (κ2) is 10.3. The Kier molecular flexibility index (Phi) is 6.88. The minimum Gasteiger partial charge on any atom is -0.456 e. The Hall–Kier alpha value is -3.86. The van der Waals surface area contributed by atoms with Crippen molar-refractivity contribution in [2.75, 3.05) is 5.32 Å². The Morgan fingerprint density at radius 3 is 2.35 bits per heavy atom. The molecule has 0 aliphatic rings. The first-order chi connectivity index (χ1) is 17.8. The summed E-state index contributed by atoms with van der Waals surface area (Å²) in [6.45, 7) is 5.96. The van der Waals surface area contributed by atoms with Crippen molar-refractivity contribution in [3.63, 3.8) is 0 Å². The van der Waals surface area contributed by atoms with Gasteiger partial charge in [0.25, 0.3) is 5.91 Å². The smallest absolute Gasteiger partial charge is 0.256 e. The lowest BCUT2D eigenvalue weighted by Gasteiger charge is -2.17. The highest BCUT2D eigenvalue weighted by Gasteiger charge is 2.21. The number of benzene rings is 4. The number of para-hydroxylation sites is 1. The van der Waals surface area contributed by atoms with E-state index in [-0.39, 0.29) is 5.91 Å². The van der Waals surface area contributed by atoms with E-state index in [2.05, 4.69) is 11.4 Å². The quantitative estimate of drug-likeness (QED) is 0.248. The molecule has 0 unspecified atom stereocenters. The van der Waals surface area contributed by atoms with Gasteiger partial charge in [-0.1, -0.05) is 59.1 Å². The average Bonchev–Trinajstić information content (AvgIpc) is 2.86. The Bertz CT molecular complexity index is 1650. The van der Waals surface area contributed by atoms with Crippen LogP contribution in [0.3, 0.4) is 0 Å². The molecule has 4 aromatic carbocycles. The van der Waals surface area contributed by atoms with Crippen LogP contribution < -0.4 is 10.1 Å². The minimum absolute atomic E-state index is 0.210. The van der Waals surface area contributed by atoms with Gasteiger partial charge < -0.3 is 10.1 Å². The molecule has 1 aromatic heterocycles. The molecule has 6 heteroatoms. The Morgan fingerprint density at radius 1 is 0.865 bits per heavy atom. The SMILES string of the molecule is Cc1cc(C)c2nc(-c3cccc(Cl)c3)c(C)c(C(=O)Nc3ccc(Oc4ccccc4Cl)cc3)c2c1. The molecule has 0 aliphatic carbocycles. The first-order valence-corrected chi connectivity index (χ1v) is 12.6. The lowest BCUT2D eigenvalue weighted by atomic mass is 9.94. The number of fused-ring (bicyclic) bond motifs is 1. The van der Waals surface area contributed by atoms with Crippen molar-refractivity contribution in [3.05, 3.63) is 117 Å². The zero-order valence-corrected chi connectivity index (χ0v) is 22.1. The molecule has 0 fully saturated rings. The summed E-state index contributed by atoms with van der Waals surface area (Å²) in [5.41, 5.74) is 6.48. The Balaban J connectivity index is 1.52. The molecular formula is C31H24Cl2N2O2. The molecular weight excluding hydrogens is 503 g/mol. The largest absolute Gasteiger partial charge is 0.456 e. The fraction of sp³-hybridized carbons (Fsp3) is 0.0968. The molecule has 0 saturated carbocycles. The number of amides is 1. The summed E-state index contributed by atoms with van der Waals surface area (Å²) in [6, 6.07) is 26.1. The van der Waals surface area contributed by atoms with E-state index in [1.54, 1.807) is 36.4 Å². The fourth-order valence-electron chi connectivity index (χ4n) is 4.48. The Morgan fingerprint density at radius 2 is 1.62 bits per heavy atom. The highest BCUT2D eigenvalue weighted by molar-refractivity contribution is 6.32. The van der Waals surface area contributed by atoms with Gasteiger partial charge in [-0.2, -0.15) is 0 Å². The molecule has 0 saturated heterocycles. The van der Waals surface area contributed by atoms with Gasteiger partial charge in [-0.3, -0.25) is 4.79 Å². The van der Waals surface area contributed by atoms with E-state index in [4.69, 9.17) is 32.9 Å². The predicted octanol–water partition coefficient (Wildman–Crippen LogP) is 9.18. The topological polar surface area (TPSA) is 51.2 Å². The molecule has 0 bridgehead atoms. The third-order valence-electron chi connectivity index (χ3n) is 6.17. The van der Waals surface area contributed by atoms with Crippen LogP contribution in [0.25, 0.3) is 22.2 Å². The summed E-state index contributed by atoms with van der Waals surface area (Å²) < 4.78 is 5.87. The standard InChI is InChI=1S/C31H24Cl2N2O2/c1-18-15-19(2)29-25(16-18)28(20(3)30(35-29)21-7-6-8-22(32)17-21)31(36)34-23-11-13-24(14-12-23)37-27-10-5-4-9-26(27)33/h4-17H,1-3H3,(H,34,36). The highest BCUT2D eigenvalue weighted by atomic mass is 35.5. The molecule has 184 valence electrons. The van der Waals surface area contributed by atoms with Crippen LogP contribution >= 0.6 is 23.2 Å². The van der Waals surface area contributed by atoms with E-state index >= 15 is 0 Å². The number of rotatable bonds is 5. The molecule has 0 radical (unpaired) electrons. The molecule has 5 aromatic rings. The number of nitrogens with zero attached hydrogens (tertiary/aromatic N) is 1. The zero-order valence-electron chi connectivity index (χ0n) is 20.6. The molecule has 0 atom stereocenters. The van der Waals surface area contributed by atoms with E-state index < -0.39 is 0 Å². The summed E-state index contributed by atoms with van der Waals surface area (Å²) in [7, 11) is 0. The Labute approximate surface area is 225 Å². The lowest BCUT2D eigenvalue weighted by Crippen LogP contribution is -2.15. The van der Waals surface area contributed by atoms with E-state index in [1.807, 2.05) is 63.2 Å². The van der Waals surface area contributed by atoms with Crippen LogP contribution in [0.5, 0.6) is 11.5 Å². The van der Waals surface area contributed by atoms with Gasteiger partial charge in [0.2, 0.25) is 0 Å². The third-order valence-corrected chi connectivity index (χ3v) is 6.72. The molecule has 37 heavy (non-hydrogen) atoms. The average molecular weight is 527 g/mol. The van der Waals surface area contributed by atoms with Crippen LogP contribution in [0.2, 0.25) is 10.0 Å². The van der Waals surface area contributed by atoms with Crippen molar-refractivity contribution in [2.45, 2.75) is 20.8 Å². The van der Waals surface area contributed by atoms with E-state index in [9.17, 15) is 4.79 Å². The van der Waals surface area contributed by atoms with Gasteiger partial charge in [-0.15, -0.1) is 0 Å². The van der Waals surface area contributed by atoms with E-state index in [0.29, 0.717) is 32.8 Å². The van der Waals surface area contributed by atoms with Gasteiger partial charge in [0, 0.05) is 21.7 Å². The number of carbonyl (C=O) groups is 1. The van der Waals surface area contributed by atoms with Crippen molar-refractivity contribution < 1.29 is 9.53 Å². The van der Waals surface area contributed by atoms with Crippen LogP contribution in [-0.4, -0.2) is 10.9 Å². The molecule has 1 amide bonds. The number of hydrogen-bond donors (Lipinski definition) is 1. The maximum Gasteiger partial charge on any atom is 0.256 e. The maximum absolute atomic E-state index is 13.7. The number of nitrogens with one attached hydrogen (secondary N) is 1. The van der Waals surface area contributed by atoms with Crippen LogP contribution in [0.1, 0.15) is 27.0 Å². The van der Waals surface area contributed by atoms with Crippen LogP contribution in [-0.2, 0) is 0 Å². The zero-order chi connectivity index (χ0) is 26.1. The minimum atomic E-state index is -0.210. The van der Waals surface area contributed by atoms with Crippen LogP contribution in [0.15, 0.2) is 84.9 Å². The van der Waals surface area contributed by atoms with Crippen LogP contribution in [0, 0.1) is 20.8 Å². The molecule has 5 rings (SSSR count). The van der Waals surface area contributed by atoms with E-state index in [0.717, 1.165) is 38.9 Å². The third kappa shape index (κ3) is 5.17. The summed E-state index contributed by atoms with van der Waals surface area (Å²) >= 11 is 12.5. The number of carbonyl (C=O) groups excluding carboxylic acids is 1. The number of aromatic nitrogens is 1. The van der Waals surface area contributed by atoms with Crippen molar-refractivity contribution in [1.29, 1.82) is 0 Å². The van der Waals surface area contributed by atoms with Crippen LogP contribution in [0.4, 0.5) is 5.69 Å². The number of anilines is 1. The lowest BCUT2D eigenvalue weighted by molar-refractivity contribution is 0.102. The van der Waals surface area contributed by atoms with Crippen molar-refractivity contribution in [1.82, 2.24) is 4.98 Å². The molecule has 1 heterocycles. The number of aryl methyl sites for hydroxylation is 2. The van der Waals surface area contributed by atoms with Gasteiger partial charge in [-0.25, -0.2) is 4.98 Å². The van der Waals surface area contributed by atoms with Gasteiger partial charge in [0.05, 0.1) is 21.8 Å². The second-order valence-corrected chi connectivity index (χ2v) is 9.80. The summed E-state index contributed by atoms with van der Waals surface area (Å²) in [5.74, 6) is 0.975. The summed E-state index contributed by atoms with van der Waals surface area (Å²) in [4.78, 5) is 18.7. The van der Waals surface area contributed by atoms with Gasteiger partial charge >= 0.3 is 0 Å². The molecule has 4 nitrogen and oxygen atoms in total.